The third kappa shape index (κ3) is 3.16. The minimum atomic E-state index is -3.53. The van der Waals surface area contributed by atoms with Gasteiger partial charge in [0.05, 0.1) is 15.5 Å². The van der Waals surface area contributed by atoms with Gasteiger partial charge in [0.25, 0.3) is 5.91 Å². The second-order valence-electron chi connectivity index (χ2n) is 8.02. The highest BCUT2D eigenvalue weighted by Gasteiger charge is 2.31. The van der Waals surface area contributed by atoms with Gasteiger partial charge in [-0.3, -0.25) is 9.48 Å². The number of fused-ring (bicyclic) bond motifs is 2. The maximum absolute atomic E-state index is 13.1. The van der Waals surface area contributed by atoms with E-state index in [4.69, 9.17) is 0 Å². The molecule has 158 valence electrons. The molecule has 2 aromatic heterocycles. The Hall–Kier alpha value is -2.23. The van der Waals surface area contributed by atoms with Crippen LogP contribution in [0, 0.1) is 6.92 Å². The molecule has 0 spiro atoms. The lowest BCUT2D eigenvalue weighted by molar-refractivity contribution is 0.0703. The van der Waals surface area contributed by atoms with Gasteiger partial charge < -0.3 is 4.90 Å². The van der Waals surface area contributed by atoms with Crippen molar-refractivity contribution in [1.29, 1.82) is 0 Å². The molecule has 0 radical (unpaired) electrons. The molecule has 9 heteroatoms. The van der Waals surface area contributed by atoms with Crippen LogP contribution < -0.4 is 0 Å². The fraction of sp³-hybridized carbons (Fsp3) is 0.429. The van der Waals surface area contributed by atoms with Crippen molar-refractivity contribution in [2.45, 2.75) is 31.1 Å². The Kier molecular flexibility index (Phi) is 4.72. The predicted molar refractivity (Wildman–Crippen MR) is 116 cm³/mol. The van der Waals surface area contributed by atoms with Crippen molar-refractivity contribution >= 4 is 37.5 Å². The molecule has 1 fully saturated rings. The molecule has 1 aliphatic carbocycles. The Labute approximate surface area is 179 Å². The summed E-state index contributed by atoms with van der Waals surface area (Å²) in [6.07, 6.45) is 3.07. The zero-order valence-electron chi connectivity index (χ0n) is 17.1. The monoisotopic (exact) mass is 444 g/mol. The molecule has 2 aliphatic rings. The fourth-order valence-corrected chi connectivity index (χ4v) is 7.02. The Morgan fingerprint density at radius 1 is 1.07 bits per heavy atom. The highest BCUT2D eigenvalue weighted by Crippen LogP contribution is 2.30. The molecule has 0 N–H and O–H groups in total. The van der Waals surface area contributed by atoms with E-state index in [1.165, 1.54) is 21.2 Å². The average Bonchev–Trinajstić information content (AvgIpc) is 3.44. The van der Waals surface area contributed by atoms with Gasteiger partial charge in [-0.15, -0.1) is 11.3 Å². The van der Waals surface area contributed by atoms with Crippen molar-refractivity contribution in [2.75, 3.05) is 26.2 Å². The topological polar surface area (TPSA) is 75.5 Å². The number of benzene rings is 1. The van der Waals surface area contributed by atoms with E-state index in [9.17, 15) is 13.2 Å². The summed E-state index contributed by atoms with van der Waals surface area (Å²) in [5.41, 5.74) is 3.32. The molecule has 1 aliphatic heterocycles. The van der Waals surface area contributed by atoms with Crippen LogP contribution in [0.15, 0.2) is 29.2 Å². The van der Waals surface area contributed by atoms with Crippen LogP contribution in [0.5, 0.6) is 0 Å². The number of hydrogen-bond acceptors (Lipinski definition) is 5. The maximum Gasteiger partial charge on any atom is 0.264 e. The lowest BCUT2D eigenvalue weighted by atomic mass is 10.1. The van der Waals surface area contributed by atoms with E-state index in [0.29, 0.717) is 36.0 Å². The summed E-state index contributed by atoms with van der Waals surface area (Å²) in [6.45, 7) is 3.36. The molecule has 0 saturated carbocycles. The van der Waals surface area contributed by atoms with Gasteiger partial charge in [0, 0.05) is 38.6 Å². The lowest BCUT2D eigenvalue weighted by Crippen LogP contribution is -2.50. The normalized spacial score (nSPS) is 17.6. The number of sulfonamides is 1. The Balaban J connectivity index is 1.30. The minimum absolute atomic E-state index is 0.0369. The van der Waals surface area contributed by atoms with Crippen molar-refractivity contribution < 1.29 is 13.2 Å². The van der Waals surface area contributed by atoms with Gasteiger partial charge in [0.15, 0.2) is 0 Å². The van der Waals surface area contributed by atoms with Gasteiger partial charge in [-0.2, -0.15) is 9.40 Å². The smallest absolute Gasteiger partial charge is 0.264 e. The molecule has 0 bridgehead atoms. The quantitative estimate of drug-likeness (QED) is 0.622. The van der Waals surface area contributed by atoms with Gasteiger partial charge in [-0.1, -0.05) is 6.07 Å². The molecule has 7 nitrogen and oxygen atoms in total. The first-order chi connectivity index (χ1) is 14.3. The molecular weight excluding hydrogens is 420 g/mol. The van der Waals surface area contributed by atoms with E-state index in [0.717, 1.165) is 40.7 Å². The number of nitrogens with zero attached hydrogens (tertiary/aromatic N) is 4. The number of carbonyl (C=O) groups is 1. The van der Waals surface area contributed by atoms with Crippen LogP contribution in [0.2, 0.25) is 0 Å². The molecule has 1 saturated heterocycles. The number of aryl methyl sites for hydroxylation is 4. The third-order valence-corrected chi connectivity index (χ3v) is 9.23. The van der Waals surface area contributed by atoms with Crippen LogP contribution in [0.1, 0.15) is 32.9 Å². The van der Waals surface area contributed by atoms with Gasteiger partial charge in [-0.05, 0) is 55.5 Å². The summed E-state index contributed by atoms with van der Waals surface area (Å²) in [7, 11) is -1.66. The van der Waals surface area contributed by atoms with Crippen LogP contribution in [-0.2, 0) is 29.9 Å². The summed E-state index contributed by atoms with van der Waals surface area (Å²) < 4.78 is 29.5. The third-order valence-electron chi connectivity index (χ3n) is 6.14. The van der Waals surface area contributed by atoms with Crippen LogP contribution >= 0.6 is 11.3 Å². The molecule has 3 heterocycles. The fourth-order valence-electron chi connectivity index (χ4n) is 4.46. The summed E-state index contributed by atoms with van der Waals surface area (Å²) in [5, 5.41) is 5.38. The van der Waals surface area contributed by atoms with E-state index in [1.54, 1.807) is 15.6 Å². The average molecular weight is 445 g/mol. The largest absolute Gasteiger partial charge is 0.335 e. The first kappa shape index (κ1) is 19.7. The van der Waals surface area contributed by atoms with E-state index >= 15 is 0 Å². The number of piperazine rings is 1. The number of amides is 1. The van der Waals surface area contributed by atoms with E-state index in [-0.39, 0.29) is 5.91 Å². The zero-order chi connectivity index (χ0) is 21.0. The standard InChI is InChI=1S/C21H24N4O3S2/c1-14-18-13-19(29-21(18)23(2)22-14)20(26)24-8-10-25(11-9-24)30(27,28)17-7-6-15-4-3-5-16(15)12-17/h6-7,12-13H,3-5,8-11H2,1-2H3. The van der Waals surface area contributed by atoms with Crippen LogP contribution in [0.3, 0.4) is 0 Å². The van der Waals surface area contributed by atoms with Crippen LogP contribution in [-0.4, -0.2) is 59.5 Å². The Morgan fingerprint density at radius 3 is 2.53 bits per heavy atom. The zero-order valence-corrected chi connectivity index (χ0v) is 18.7. The number of hydrogen-bond donors (Lipinski definition) is 0. The number of rotatable bonds is 3. The highest BCUT2D eigenvalue weighted by molar-refractivity contribution is 7.89. The lowest BCUT2D eigenvalue weighted by Gasteiger charge is -2.33. The molecule has 30 heavy (non-hydrogen) atoms. The SMILES string of the molecule is Cc1nn(C)c2sc(C(=O)N3CCN(S(=O)(=O)c4ccc5c(c4)CCC5)CC3)cc12. The molecule has 0 unspecified atom stereocenters. The second kappa shape index (κ2) is 7.18. The van der Waals surface area contributed by atoms with Crippen LogP contribution in [0.4, 0.5) is 0 Å². The van der Waals surface area contributed by atoms with Gasteiger partial charge in [0.1, 0.15) is 4.83 Å². The van der Waals surface area contributed by atoms with Gasteiger partial charge in [0.2, 0.25) is 10.0 Å². The van der Waals surface area contributed by atoms with E-state index in [2.05, 4.69) is 5.10 Å². The molecule has 0 atom stereocenters. The van der Waals surface area contributed by atoms with Gasteiger partial charge in [-0.25, -0.2) is 8.42 Å². The Bertz CT molecular complexity index is 1220. The number of thiophene rings is 1. The van der Waals surface area contributed by atoms with Crippen molar-refractivity contribution in [3.05, 3.63) is 46.0 Å². The first-order valence-corrected chi connectivity index (χ1v) is 12.4. The van der Waals surface area contributed by atoms with E-state index in [1.807, 2.05) is 32.2 Å². The first-order valence-electron chi connectivity index (χ1n) is 10.2. The summed E-state index contributed by atoms with van der Waals surface area (Å²) in [5.74, 6) is -0.0369. The minimum Gasteiger partial charge on any atom is -0.335 e. The maximum atomic E-state index is 13.1. The molecular formula is C21H24N4O3S2. The van der Waals surface area contributed by atoms with Crippen molar-refractivity contribution in [2.24, 2.45) is 7.05 Å². The molecule has 3 aromatic rings. The number of aromatic nitrogens is 2. The second-order valence-corrected chi connectivity index (χ2v) is 11.0. The van der Waals surface area contributed by atoms with Crippen LogP contribution in [0.25, 0.3) is 10.2 Å². The summed E-state index contributed by atoms with van der Waals surface area (Å²) in [4.78, 5) is 16.8. The summed E-state index contributed by atoms with van der Waals surface area (Å²) in [6, 6.07) is 7.42. The van der Waals surface area contributed by atoms with Crippen molar-refractivity contribution in [3.63, 3.8) is 0 Å². The van der Waals surface area contributed by atoms with Crippen molar-refractivity contribution in [1.82, 2.24) is 19.0 Å². The predicted octanol–water partition coefficient (Wildman–Crippen LogP) is 2.58. The molecule has 5 rings (SSSR count). The molecule has 1 aromatic carbocycles. The molecule has 1 amide bonds. The van der Waals surface area contributed by atoms with Gasteiger partial charge >= 0.3 is 0 Å². The summed E-state index contributed by atoms with van der Waals surface area (Å²) >= 11 is 1.44. The highest BCUT2D eigenvalue weighted by atomic mass is 32.2. The van der Waals surface area contributed by atoms with E-state index < -0.39 is 10.0 Å². The Morgan fingerprint density at radius 2 is 1.80 bits per heavy atom. The van der Waals surface area contributed by atoms with Crippen molar-refractivity contribution in [3.8, 4) is 0 Å². The number of carbonyl (C=O) groups excluding carboxylic acids is 1.